The summed E-state index contributed by atoms with van der Waals surface area (Å²) in [4.78, 5) is 0. The summed E-state index contributed by atoms with van der Waals surface area (Å²) in [5.74, 6) is 0. The Labute approximate surface area is 72.5 Å². The van der Waals surface area contributed by atoms with E-state index in [1.165, 1.54) is 0 Å². The van der Waals surface area contributed by atoms with E-state index in [4.69, 9.17) is 5.11 Å². The van der Waals surface area contributed by atoms with Crippen LogP contribution in [0.15, 0.2) is 36.6 Å². The number of benzene rings is 1. The van der Waals surface area contributed by atoms with Gasteiger partial charge in [0.05, 0.1) is 5.70 Å². The third kappa shape index (κ3) is 2.02. The molecule has 0 aromatic heterocycles. The standard InChI is InChI=1S/C10H13NO/c1-2-11-10(8-12)9-6-4-3-5-7-9/h3-8,11-12H,2H2,1H3/b10-8+. The van der Waals surface area contributed by atoms with Crippen molar-refractivity contribution < 1.29 is 5.11 Å². The molecule has 0 radical (unpaired) electrons. The van der Waals surface area contributed by atoms with Gasteiger partial charge < -0.3 is 10.4 Å². The Bertz CT molecular complexity index is 254. The van der Waals surface area contributed by atoms with Gasteiger partial charge >= 0.3 is 0 Å². The van der Waals surface area contributed by atoms with Gasteiger partial charge in [-0.3, -0.25) is 0 Å². The minimum atomic E-state index is 0.762. The van der Waals surface area contributed by atoms with Gasteiger partial charge in [-0.05, 0) is 6.92 Å². The van der Waals surface area contributed by atoms with Crippen molar-refractivity contribution in [1.82, 2.24) is 5.32 Å². The summed E-state index contributed by atoms with van der Waals surface area (Å²) in [6.45, 7) is 2.80. The molecule has 1 rings (SSSR count). The Morgan fingerprint density at radius 1 is 1.42 bits per heavy atom. The van der Waals surface area contributed by atoms with Crippen molar-refractivity contribution in [3.8, 4) is 0 Å². The first-order valence-corrected chi connectivity index (χ1v) is 4.02. The van der Waals surface area contributed by atoms with Crippen LogP contribution in [-0.4, -0.2) is 11.7 Å². The second-order valence-electron chi connectivity index (χ2n) is 2.44. The van der Waals surface area contributed by atoms with E-state index < -0.39 is 0 Å². The largest absolute Gasteiger partial charge is 0.513 e. The fourth-order valence-corrected chi connectivity index (χ4v) is 1.03. The van der Waals surface area contributed by atoms with E-state index in [0.29, 0.717) is 0 Å². The summed E-state index contributed by atoms with van der Waals surface area (Å²) in [6.07, 6.45) is 1.10. The number of hydrogen-bond acceptors (Lipinski definition) is 2. The van der Waals surface area contributed by atoms with Crippen LogP contribution in [0.25, 0.3) is 5.70 Å². The molecular weight excluding hydrogens is 150 g/mol. The lowest BCUT2D eigenvalue weighted by Gasteiger charge is -2.06. The molecule has 0 heterocycles. The average molecular weight is 163 g/mol. The molecule has 0 amide bonds. The zero-order valence-corrected chi connectivity index (χ0v) is 7.12. The highest BCUT2D eigenvalue weighted by Crippen LogP contribution is 2.08. The second-order valence-corrected chi connectivity index (χ2v) is 2.44. The molecule has 0 aliphatic carbocycles. The van der Waals surface area contributed by atoms with Crippen LogP contribution in [0.1, 0.15) is 12.5 Å². The summed E-state index contributed by atoms with van der Waals surface area (Å²) < 4.78 is 0. The van der Waals surface area contributed by atoms with Crippen LogP contribution in [-0.2, 0) is 0 Å². The van der Waals surface area contributed by atoms with E-state index in [0.717, 1.165) is 24.1 Å². The minimum absolute atomic E-state index is 0.762. The monoisotopic (exact) mass is 163 g/mol. The van der Waals surface area contributed by atoms with Gasteiger partial charge in [0.25, 0.3) is 0 Å². The predicted molar refractivity (Wildman–Crippen MR) is 50.7 cm³/mol. The molecule has 0 fully saturated rings. The zero-order valence-electron chi connectivity index (χ0n) is 7.12. The average Bonchev–Trinajstić information content (AvgIpc) is 2.15. The Balaban J connectivity index is 2.82. The predicted octanol–water partition coefficient (Wildman–Crippen LogP) is 2.15. The SMILES string of the molecule is CCN/C(=C/O)c1ccccc1. The highest BCUT2D eigenvalue weighted by molar-refractivity contribution is 5.62. The summed E-state index contributed by atoms with van der Waals surface area (Å²) in [5, 5.41) is 11.9. The van der Waals surface area contributed by atoms with Crippen LogP contribution in [0.2, 0.25) is 0 Å². The molecular formula is C10H13NO. The first-order valence-electron chi connectivity index (χ1n) is 4.02. The molecule has 12 heavy (non-hydrogen) atoms. The van der Waals surface area contributed by atoms with E-state index in [2.05, 4.69) is 5.32 Å². The van der Waals surface area contributed by atoms with E-state index in [-0.39, 0.29) is 0 Å². The molecule has 2 heteroatoms. The summed E-state index contributed by atoms with van der Waals surface area (Å²) >= 11 is 0. The van der Waals surface area contributed by atoms with Crippen molar-refractivity contribution in [2.75, 3.05) is 6.54 Å². The highest BCUT2D eigenvalue weighted by Gasteiger charge is 1.96. The second kappa shape index (κ2) is 4.44. The molecule has 2 nitrogen and oxygen atoms in total. The molecule has 0 spiro atoms. The van der Waals surface area contributed by atoms with Crippen LogP contribution in [0.5, 0.6) is 0 Å². The molecule has 0 aliphatic rings. The maximum Gasteiger partial charge on any atom is 0.103 e. The van der Waals surface area contributed by atoms with Crippen molar-refractivity contribution in [1.29, 1.82) is 0 Å². The third-order valence-corrected chi connectivity index (χ3v) is 1.58. The van der Waals surface area contributed by atoms with E-state index in [1.54, 1.807) is 0 Å². The molecule has 0 aliphatic heterocycles. The van der Waals surface area contributed by atoms with Crippen LogP contribution in [0, 0.1) is 0 Å². The van der Waals surface area contributed by atoms with Crippen molar-refractivity contribution in [3.63, 3.8) is 0 Å². The number of aliphatic hydroxyl groups is 1. The molecule has 0 atom stereocenters. The lowest BCUT2D eigenvalue weighted by Crippen LogP contribution is -2.10. The molecule has 64 valence electrons. The minimum Gasteiger partial charge on any atom is -0.513 e. The van der Waals surface area contributed by atoms with Crippen LogP contribution < -0.4 is 5.32 Å². The molecule has 1 aromatic carbocycles. The number of hydrogen-bond donors (Lipinski definition) is 2. The zero-order chi connectivity index (χ0) is 8.81. The van der Waals surface area contributed by atoms with Gasteiger partial charge in [-0.25, -0.2) is 0 Å². The molecule has 1 aromatic rings. The fourth-order valence-electron chi connectivity index (χ4n) is 1.03. The Morgan fingerprint density at radius 2 is 2.08 bits per heavy atom. The van der Waals surface area contributed by atoms with Gasteiger partial charge in [-0.15, -0.1) is 0 Å². The van der Waals surface area contributed by atoms with E-state index in [9.17, 15) is 0 Å². The lowest BCUT2D eigenvalue weighted by atomic mass is 10.2. The van der Waals surface area contributed by atoms with Gasteiger partial charge in [0.15, 0.2) is 0 Å². The molecule has 0 bridgehead atoms. The molecule has 2 N–H and O–H groups in total. The summed E-state index contributed by atoms with van der Waals surface area (Å²) in [5.41, 5.74) is 1.76. The van der Waals surface area contributed by atoms with Crippen LogP contribution in [0.3, 0.4) is 0 Å². The molecule has 0 saturated heterocycles. The van der Waals surface area contributed by atoms with Gasteiger partial charge in [-0.2, -0.15) is 0 Å². The van der Waals surface area contributed by atoms with Crippen LogP contribution >= 0.6 is 0 Å². The highest BCUT2D eigenvalue weighted by atomic mass is 16.2. The van der Waals surface area contributed by atoms with Gasteiger partial charge in [0.2, 0.25) is 0 Å². The first kappa shape index (κ1) is 8.65. The molecule has 0 saturated carbocycles. The number of rotatable bonds is 3. The summed E-state index contributed by atoms with van der Waals surface area (Å²) in [6, 6.07) is 9.73. The smallest absolute Gasteiger partial charge is 0.103 e. The normalized spacial score (nSPS) is 11.2. The number of aliphatic hydroxyl groups excluding tert-OH is 1. The Hall–Kier alpha value is -1.44. The number of nitrogens with one attached hydrogen (secondary N) is 1. The fraction of sp³-hybridized carbons (Fsp3) is 0.200. The van der Waals surface area contributed by atoms with Crippen molar-refractivity contribution in [3.05, 3.63) is 42.2 Å². The van der Waals surface area contributed by atoms with Crippen molar-refractivity contribution in [2.24, 2.45) is 0 Å². The lowest BCUT2D eigenvalue weighted by molar-refractivity contribution is 0.472. The Kier molecular flexibility index (Phi) is 3.20. The van der Waals surface area contributed by atoms with Gasteiger partial charge in [0.1, 0.15) is 6.26 Å². The Morgan fingerprint density at radius 3 is 2.58 bits per heavy atom. The third-order valence-electron chi connectivity index (χ3n) is 1.58. The van der Waals surface area contributed by atoms with E-state index >= 15 is 0 Å². The summed E-state index contributed by atoms with van der Waals surface area (Å²) in [7, 11) is 0. The van der Waals surface area contributed by atoms with Gasteiger partial charge in [0, 0.05) is 12.1 Å². The van der Waals surface area contributed by atoms with Crippen LogP contribution in [0.4, 0.5) is 0 Å². The van der Waals surface area contributed by atoms with E-state index in [1.807, 2.05) is 37.3 Å². The maximum atomic E-state index is 8.89. The topological polar surface area (TPSA) is 32.3 Å². The maximum absolute atomic E-state index is 8.89. The van der Waals surface area contributed by atoms with Crippen molar-refractivity contribution >= 4 is 5.70 Å². The quantitative estimate of drug-likeness (QED) is 0.669. The van der Waals surface area contributed by atoms with Gasteiger partial charge in [-0.1, -0.05) is 30.3 Å². The first-order chi connectivity index (χ1) is 5.88. The molecule has 0 unspecified atom stereocenters. The van der Waals surface area contributed by atoms with Crippen molar-refractivity contribution in [2.45, 2.75) is 6.92 Å².